The van der Waals surface area contributed by atoms with E-state index in [1.54, 1.807) is 0 Å². The van der Waals surface area contributed by atoms with Crippen molar-refractivity contribution in [1.29, 1.82) is 0 Å². The molecule has 2 nitrogen and oxygen atoms in total. The van der Waals surface area contributed by atoms with E-state index in [0.717, 1.165) is 12.2 Å². The van der Waals surface area contributed by atoms with Crippen molar-refractivity contribution in [2.75, 3.05) is 0 Å². The minimum atomic E-state index is -0.744. The van der Waals surface area contributed by atoms with E-state index in [-0.39, 0.29) is 0 Å². The lowest BCUT2D eigenvalue weighted by Crippen LogP contribution is -2.26. The first-order chi connectivity index (χ1) is 11.9. The Balaban J connectivity index is 2.77. The van der Waals surface area contributed by atoms with Gasteiger partial charge in [0.05, 0.1) is 0 Å². The standard InChI is InChI=1S/C24H42O2/c1-16(2)21(17(3)4)14-23(25)26-20-12-10-19(11-13-20)22(18(5)6)15-24(7,8)9/h10-13,16-18,21-23,25H,14-15H2,1-9H3. The third kappa shape index (κ3) is 7.70. The van der Waals surface area contributed by atoms with Crippen molar-refractivity contribution in [1.82, 2.24) is 0 Å². The Hall–Kier alpha value is -1.02. The summed E-state index contributed by atoms with van der Waals surface area (Å²) in [7, 11) is 0. The molecule has 0 fully saturated rings. The first kappa shape index (κ1) is 23.0. The molecule has 2 heteroatoms. The normalized spacial score (nSPS) is 15.2. The van der Waals surface area contributed by atoms with Gasteiger partial charge in [0.15, 0.2) is 6.29 Å². The summed E-state index contributed by atoms with van der Waals surface area (Å²) < 4.78 is 5.80. The maximum atomic E-state index is 10.4. The van der Waals surface area contributed by atoms with Crippen LogP contribution in [-0.4, -0.2) is 11.4 Å². The number of aliphatic hydroxyl groups excluding tert-OH is 1. The van der Waals surface area contributed by atoms with Gasteiger partial charge in [-0.05, 0) is 59.1 Å². The maximum absolute atomic E-state index is 10.4. The molecule has 0 saturated carbocycles. The zero-order valence-electron chi connectivity index (χ0n) is 18.5. The molecule has 0 aliphatic heterocycles. The molecule has 0 aliphatic carbocycles. The Labute approximate surface area is 162 Å². The summed E-state index contributed by atoms with van der Waals surface area (Å²) >= 11 is 0. The van der Waals surface area contributed by atoms with Crippen LogP contribution in [-0.2, 0) is 0 Å². The minimum absolute atomic E-state index is 0.309. The van der Waals surface area contributed by atoms with Crippen LogP contribution in [0, 0.1) is 29.1 Å². The van der Waals surface area contributed by atoms with Gasteiger partial charge in [-0.15, -0.1) is 0 Å². The zero-order valence-corrected chi connectivity index (χ0v) is 18.5. The lowest BCUT2D eigenvalue weighted by Gasteiger charge is -2.29. The SMILES string of the molecule is CC(C)C(CC(C)(C)C)c1ccc(OC(O)CC(C(C)C)C(C)C)cc1. The van der Waals surface area contributed by atoms with E-state index in [1.165, 1.54) is 5.56 Å². The molecule has 26 heavy (non-hydrogen) atoms. The average Bonchev–Trinajstić information content (AvgIpc) is 2.49. The summed E-state index contributed by atoms with van der Waals surface area (Å²) in [5.74, 6) is 3.44. The van der Waals surface area contributed by atoms with Crippen LogP contribution in [0.3, 0.4) is 0 Å². The highest BCUT2D eigenvalue weighted by Crippen LogP contribution is 2.37. The molecule has 1 rings (SSSR count). The van der Waals surface area contributed by atoms with Crippen molar-refractivity contribution in [3.8, 4) is 5.75 Å². The molecular formula is C24H42O2. The molecule has 0 aliphatic rings. The van der Waals surface area contributed by atoms with Crippen molar-refractivity contribution < 1.29 is 9.84 Å². The predicted octanol–water partition coefficient (Wildman–Crippen LogP) is 6.88. The van der Waals surface area contributed by atoms with E-state index in [1.807, 2.05) is 12.1 Å². The topological polar surface area (TPSA) is 29.5 Å². The van der Waals surface area contributed by atoms with Gasteiger partial charge in [0.1, 0.15) is 5.75 Å². The van der Waals surface area contributed by atoms with E-state index < -0.39 is 6.29 Å². The molecule has 0 bridgehead atoms. The summed E-state index contributed by atoms with van der Waals surface area (Å²) in [6.45, 7) is 20.4. The number of aliphatic hydroxyl groups is 1. The van der Waals surface area contributed by atoms with Crippen molar-refractivity contribution in [3.63, 3.8) is 0 Å². The molecular weight excluding hydrogens is 320 g/mol. The molecule has 0 saturated heterocycles. The quantitative estimate of drug-likeness (QED) is 0.485. The van der Waals surface area contributed by atoms with Gasteiger partial charge >= 0.3 is 0 Å². The molecule has 0 radical (unpaired) electrons. The van der Waals surface area contributed by atoms with Crippen LogP contribution < -0.4 is 4.74 Å². The van der Waals surface area contributed by atoms with E-state index in [0.29, 0.717) is 41.4 Å². The predicted molar refractivity (Wildman–Crippen MR) is 113 cm³/mol. The first-order valence-electron chi connectivity index (χ1n) is 10.4. The van der Waals surface area contributed by atoms with E-state index in [2.05, 4.69) is 74.4 Å². The Morgan fingerprint density at radius 1 is 0.846 bits per heavy atom. The number of benzene rings is 1. The molecule has 2 atom stereocenters. The molecule has 0 spiro atoms. The van der Waals surface area contributed by atoms with Gasteiger partial charge in [0.25, 0.3) is 0 Å². The van der Waals surface area contributed by atoms with Crippen molar-refractivity contribution in [2.24, 2.45) is 29.1 Å². The van der Waals surface area contributed by atoms with Crippen molar-refractivity contribution >= 4 is 0 Å². The molecule has 1 aromatic rings. The maximum Gasteiger partial charge on any atom is 0.197 e. The lowest BCUT2D eigenvalue weighted by atomic mass is 9.76. The third-order valence-corrected chi connectivity index (χ3v) is 5.40. The fourth-order valence-electron chi connectivity index (χ4n) is 3.94. The molecule has 150 valence electrons. The Bertz CT molecular complexity index is 500. The molecule has 0 heterocycles. The number of hydrogen-bond donors (Lipinski definition) is 1. The first-order valence-corrected chi connectivity index (χ1v) is 10.4. The van der Waals surface area contributed by atoms with Gasteiger partial charge in [-0.2, -0.15) is 0 Å². The Morgan fingerprint density at radius 3 is 1.73 bits per heavy atom. The molecule has 1 N–H and O–H groups in total. The largest absolute Gasteiger partial charge is 0.465 e. The molecule has 0 amide bonds. The van der Waals surface area contributed by atoms with Crippen LogP contribution in [0.15, 0.2) is 24.3 Å². The lowest BCUT2D eigenvalue weighted by molar-refractivity contribution is -0.0444. The van der Waals surface area contributed by atoms with Crippen LogP contribution in [0.4, 0.5) is 0 Å². The highest BCUT2D eigenvalue weighted by molar-refractivity contribution is 5.30. The van der Waals surface area contributed by atoms with E-state index >= 15 is 0 Å². The fourth-order valence-corrected chi connectivity index (χ4v) is 3.94. The summed E-state index contributed by atoms with van der Waals surface area (Å²) in [6, 6.07) is 8.36. The second-order valence-electron chi connectivity index (χ2n) is 10.1. The van der Waals surface area contributed by atoms with Gasteiger partial charge < -0.3 is 9.84 Å². The van der Waals surface area contributed by atoms with Crippen molar-refractivity contribution in [2.45, 2.75) is 87.4 Å². The minimum Gasteiger partial charge on any atom is -0.465 e. The Morgan fingerprint density at radius 2 is 1.35 bits per heavy atom. The fraction of sp³-hybridized carbons (Fsp3) is 0.750. The number of ether oxygens (including phenoxy) is 1. The Kier molecular flexibility index (Phi) is 8.66. The van der Waals surface area contributed by atoms with Crippen LogP contribution in [0.2, 0.25) is 0 Å². The highest BCUT2D eigenvalue weighted by atomic mass is 16.6. The van der Waals surface area contributed by atoms with E-state index in [9.17, 15) is 5.11 Å². The summed E-state index contributed by atoms with van der Waals surface area (Å²) in [5.41, 5.74) is 1.67. The second-order valence-corrected chi connectivity index (χ2v) is 10.1. The number of rotatable bonds is 9. The van der Waals surface area contributed by atoms with Crippen LogP contribution >= 0.6 is 0 Å². The summed E-state index contributed by atoms with van der Waals surface area (Å²) in [4.78, 5) is 0. The van der Waals surface area contributed by atoms with E-state index in [4.69, 9.17) is 4.74 Å². The molecule has 1 aromatic carbocycles. The molecule has 0 aromatic heterocycles. The van der Waals surface area contributed by atoms with Crippen LogP contribution in [0.5, 0.6) is 5.75 Å². The zero-order chi connectivity index (χ0) is 20.1. The van der Waals surface area contributed by atoms with Crippen molar-refractivity contribution in [3.05, 3.63) is 29.8 Å². The van der Waals surface area contributed by atoms with Gasteiger partial charge in [-0.3, -0.25) is 0 Å². The number of hydrogen-bond acceptors (Lipinski definition) is 2. The monoisotopic (exact) mass is 362 g/mol. The van der Waals surface area contributed by atoms with Gasteiger partial charge in [-0.25, -0.2) is 0 Å². The van der Waals surface area contributed by atoms with Crippen LogP contribution in [0.25, 0.3) is 0 Å². The second kappa shape index (κ2) is 9.78. The van der Waals surface area contributed by atoms with Crippen LogP contribution in [0.1, 0.15) is 86.6 Å². The van der Waals surface area contributed by atoms with Gasteiger partial charge in [-0.1, -0.05) is 74.4 Å². The third-order valence-electron chi connectivity index (χ3n) is 5.40. The highest BCUT2D eigenvalue weighted by Gasteiger charge is 2.24. The molecule has 2 unspecified atom stereocenters. The van der Waals surface area contributed by atoms with Gasteiger partial charge in [0.2, 0.25) is 0 Å². The van der Waals surface area contributed by atoms with Gasteiger partial charge in [0, 0.05) is 6.42 Å². The summed E-state index contributed by atoms with van der Waals surface area (Å²) in [5, 5.41) is 10.4. The average molecular weight is 363 g/mol. The summed E-state index contributed by atoms with van der Waals surface area (Å²) in [6.07, 6.45) is 1.10. The smallest absolute Gasteiger partial charge is 0.197 e.